The van der Waals surface area contributed by atoms with E-state index in [0.29, 0.717) is 0 Å². The molecule has 0 unspecified atom stereocenters. The van der Waals surface area contributed by atoms with Gasteiger partial charge in [0.2, 0.25) is 0 Å². The standard InChI is InChI=1S/C20H17N3/c21-17-9-11-19(15-7-3-1-5-13(15)17)23-20-12-10-18(22)14-6-2-4-8-16(14)20/h1-12,23H,21-22H2. The van der Waals surface area contributed by atoms with Crippen LogP contribution >= 0.6 is 0 Å². The molecule has 5 N–H and O–H groups in total. The van der Waals surface area contributed by atoms with Crippen LogP contribution in [-0.4, -0.2) is 0 Å². The fourth-order valence-electron chi connectivity index (χ4n) is 3.01. The highest BCUT2D eigenvalue weighted by Gasteiger charge is 2.07. The molecule has 0 saturated heterocycles. The van der Waals surface area contributed by atoms with Crippen molar-refractivity contribution < 1.29 is 0 Å². The fraction of sp³-hybridized carbons (Fsp3) is 0. The van der Waals surface area contributed by atoms with Crippen molar-refractivity contribution in [1.29, 1.82) is 0 Å². The normalized spacial score (nSPS) is 11.0. The molecular formula is C20H17N3. The van der Waals surface area contributed by atoms with Crippen molar-refractivity contribution in [3.05, 3.63) is 72.8 Å². The minimum Gasteiger partial charge on any atom is -0.398 e. The van der Waals surface area contributed by atoms with Crippen LogP contribution in [0.5, 0.6) is 0 Å². The Balaban J connectivity index is 1.89. The number of nitrogens with two attached hydrogens (primary N) is 2. The van der Waals surface area contributed by atoms with E-state index in [-0.39, 0.29) is 0 Å². The first-order valence-electron chi connectivity index (χ1n) is 7.55. The number of benzene rings is 4. The van der Waals surface area contributed by atoms with Gasteiger partial charge in [-0.05, 0) is 24.3 Å². The molecular weight excluding hydrogens is 282 g/mol. The second-order valence-electron chi connectivity index (χ2n) is 5.62. The maximum atomic E-state index is 6.08. The van der Waals surface area contributed by atoms with Crippen LogP contribution in [-0.2, 0) is 0 Å². The van der Waals surface area contributed by atoms with E-state index in [1.54, 1.807) is 0 Å². The van der Waals surface area contributed by atoms with Gasteiger partial charge in [-0.2, -0.15) is 0 Å². The molecule has 0 aromatic heterocycles. The highest BCUT2D eigenvalue weighted by atomic mass is 14.9. The third-order valence-corrected chi connectivity index (χ3v) is 4.18. The van der Waals surface area contributed by atoms with Gasteiger partial charge in [-0.3, -0.25) is 0 Å². The van der Waals surface area contributed by atoms with E-state index in [0.717, 1.165) is 44.3 Å². The maximum Gasteiger partial charge on any atom is 0.0465 e. The van der Waals surface area contributed by atoms with Gasteiger partial charge in [-0.15, -0.1) is 0 Å². The van der Waals surface area contributed by atoms with Gasteiger partial charge in [0.05, 0.1) is 0 Å². The van der Waals surface area contributed by atoms with Gasteiger partial charge in [0.15, 0.2) is 0 Å². The summed E-state index contributed by atoms with van der Waals surface area (Å²) in [4.78, 5) is 0. The number of hydrogen-bond donors (Lipinski definition) is 3. The molecule has 0 fully saturated rings. The van der Waals surface area contributed by atoms with Gasteiger partial charge in [-0.25, -0.2) is 0 Å². The van der Waals surface area contributed by atoms with Crippen LogP contribution in [0.1, 0.15) is 0 Å². The van der Waals surface area contributed by atoms with E-state index in [4.69, 9.17) is 11.5 Å². The topological polar surface area (TPSA) is 64.1 Å². The van der Waals surface area contributed by atoms with Crippen molar-refractivity contribution in [3.8, 4) is 0 Å². The third-order valence-electron chi connectivity index (χ3n) is 4.18. The fourth-order valence-corrected chi connectivity index (χ4v) is 3.01. The number of anilines is 4. The number of nitrogens with one attached hydrogen (secondary N) is 1. The molecule has 112 valence electrons. The molecule has 4 rings (SSSR count). The van der Waals surface area contributed by atoms with Crippen molar-refractivity contribution in [3.63, 3.8) is 0 Å². The zero-order chi connectivity index (χ0) is 15.8. The van der Waals surface area contributed by atoms with Crippen LogP contribution in [0.2, 0.25) is 0 Å². The predicted octanol–water partition coefficient (Wildman–Crippen LogP) is 4.90. The van der Waals surface area contributed by atoms with E-state index in [1.165, 1.54) is 0 Å². The first-order chi connectivity index (χ1) is 11.2. The number of fused-ring (bicyclic) bond motifs is 2. The Morgan fingerprint density at radius 2 is 0.870 bits per heavy atom. The van der Waals surface area contributed by atoms with Gasteiger partial charge < -0.3 is 16.8 Å². The lowest BCUT2D eigenvalue weighted by atomic mass is 10.0. The van der Waals surface area contributed by atoms with Crippen LogP contribution in [0.3, 0.4) is 0 Å². The van der Waals surface area contributed by atoms with Crippen molar-refractivity contribution in [2.24, 2.45) is 0 Å². The largest absolute Gasteiger partial charge is 0.398 e. The molecule has 0 amide bonds. The van der Waals surface area contributed by atoms with Gasteiger partial charge in [0.1, 0.15) is 0 Å². The van der Waals surface area contributed by atoms with Gasteiger partial charge in [0, 0.05) is 44.3 Å². The second-order valence-corrected chi connectivity index (χ2v) is 5.62. The number of hydrogen-bond acceptors (Lipinski definition) is 3. The molecule has 0 spiro atoms. The summed E-state index contributed by atoms with van der Waals surface area (Å²) < 4.78 is 0. The summed E-state index contributed by atoms with van der Waals surface area (Å²) in [5, 5.41) is 7.85. The zero-order valence-electron chi connectivity index (χ0n) is 12.6. The summed E-state index contributed by atoms with van der Waals surface area (Å²) in [6.07, 6.45) is 0. The van der Waals surface area contributed by atoms with E-state index in [1.807, 2.05) is 60.7 Å². The van der Waals surface area contributed by atoms with Crippen molar-refractivity contribution in [1.82, 2.24) is 0 Å². The smallest absolute Gasteiger partial charge is 0.0465 e. The highest BCUT2D eigenvalue weighted by molar-refractivity contribution is 6.06. The predicted molar refractivity (Wildman–Crippen MR) is 100 cm³/mol. The Morgan fingerprint density at radius 1 is 0.478 bits per heavy atom. The van der Waals surface area contributed by atoms with Crippen LogP contribution in [0, 0.1) is 0 Å². The first kappa shape index (κ1) is 13.5. The lowest BCUT2D eigenvalue weighted by molar-refractivity contribution is 1.60. The summed E-state index contributed by atoms with van der Waals surface area (Å²) in [6.45, 7) is 0. The Morgan fingerprint density at radius 3 is 1.30 bits per heavy atom. The van der Waals surface area contributed by atoms with Crippen molar-refractivity contribution >= 4 is 44.3 Å². The summed E-state index contributed by atoms with van der Waals surface area (Å²) in [5.41, 5.74) is 15.8. The Bertz CT molecular complexity index is 938. The molecule has 0 radical (unpaired) electrons. The maximum absolute atomic E-state index is 6.08. The molecule has 0 bridgehead atoms. The van der Waals surface area contributed by atoms with E-state index in [2.05, 4.69) is 17.4 Å². The molecule has 0 heterocycles. The molecule has 4 aromatic rings. The van der Waals surface area contributed by atoms with Gasteiger partial charge in [0.25, 0.3) is 0 Å². The molecule has 23 heavy (non-hydrogen) atoms. The molecule has 3 heteroatoms. The lowest BCUT2D eigenvalue weighted by Gasteiger charge is -2.14. The zero-order valence-corrected chi connectivity index (χ0v) is 12.6. The summed E-state index contributed by atoms with van der Waals surface area (Å²) in [7, 11) is 0. The van der Waals surface area contributed by atoms with Crippen LogP contribution in [0.25, 0.3) is 21.5 Å². The lowest BCUT2D eigenvalue weighted by Crippen LogP contribution is -1.96. The molecule has 0 aliphatic carbocycles. The molecule has 0 saturated carbocycles. The Labute approximate surface area is 134 Å². The monoisotopic (exact) mass is 299 g/mol. The SMILES string of the molecule is Nc1ccc(Nc2ccc(N)c3ccccc23)c2ccccc12. The van der Waals surface area contributed by atoms with Crippen LogP contribution in [0.4, 0.5) is 22.7 Å². The van der Waals surface area contributed by atoms with Crippen molar-refractivity contribution in [2.45, 2.75) is 0 Å². The first-order valence-corrected chi connectivity index (χ1v) is 7.55. The molecule has 0 atom stereocenters. The average Bonchev–Trinajstić information content (AvgIpc) is 2.60. The summed E-state index contributed by atoms with van der Waals surface area (Å²) >= 11 is 0. The Kier molecular flexibility index (Phi) is 3.05. The van der Waals surface area contributed by atoms with E-state index in [9.17, 15) is 0 Å². The highest BCUT2D eigenvalue weighted by Crippen LogP contribution is 2.34. The molecule has 0 aliphatic rings. The average molecular weight is 299 g/mol. The quantitative estimate of drug-likeness (QED) is 0.461. The molecule has 0 aliphatic heterocycles. The van der Waals surface area contributed by atoms with Gasteiger partial charge >= 0.3 is 0 Å². The number of nitrogen functional groups attached to an aromatic ring is 2. The van der Waals surface area contributed by atoms with Gasteiger partial charge in [-0.1, -0.05) is 48.5 Å². The summed E-state index contributed by atoms with van der Waals surface area (Å²) in [5.74, 6) is 0. The van der Waals surface area contributed by atoms with Crippen LogP contribution in [0.15, 0.2) is 72.8 Å². The number of rotatable bonds is 2. The summed E-state index contributed by atoms with van der Waals surface area (Å²) in [6, 6.07) is 24.2. The van der Waals surface area contributed by atoms with Crippen molar-refractivity contribution in [2.75, 3.05) is 16.8 Å². The molecule has 4 aromatic carbocycles. The van der Waals surface area contributed by atoms with E-state index < -0.39 is 0 Å². The van der Waals surface area contributed by atoms with E-state index >= 15 is 0 Å². The third kappa shape index (κ3) is 2.23. The second kappa shape index (κ2) is 5.21. The Hall–Kier alpha value is -3.20. The minimum atomic E-state index is 0.785. The van der Waals surface area contributed by atoms with Crippen LogP contribution < -0.4 is 16.8 Å². The molecule has 3 nitrogen and oxygen atoms in total. The minimum absolute atomic E-state index is 0.785.